The lowest BCUT2D eigenvalue weighted by Crippen LogP contribution is -2.27. The second-order valence-corrected chi connectivity index (χ2v) is 6.02. The minimum atomic E-state index is 0. The van der Waals surface area contributed by atoms with Gasteiger partial charge in [0.25, 0.3) is 0 Å². The third kappa shape index (κ3) is 4.80. The lowest BCUT2D eigenvalue weighted by atomic mass is 9.96. The Morgan fingerprint density at radius 2 is 1.68 bits per heavy atom. The summed E-state index contributed by atoms with van der Waals surface area (Å²) in [5, 5.41) is 3.59. The first-order chi connectivity index (χ1) is 11.8. The van der Waals surface area contributed by atoms with Crippen LogP contribution in [0.5, 0.6) is 17.2 Å². The molecule has 1 heterocycles. The van der Waals surface area contributed by atoms with Gasteiger partial charge in [-0.25, -0.2) is 0 Å². The number of hydrogen-bond donors (Lipinski definition) is 1. The van der Waals surface area contributed by atoms with Crippen LogP contribution in [-0.4, -0.2) is 20.8 Å². The molecule has 1 aliphatic heterocycles. The van der Waals surface area contributed by atoms with Gasteiger partial charge in [0.05, 0.1) is 14.2 Å². The van der Waals surface area contributed by atoms with E-state index in [-0.39, 0.29) is 12.4 Å². The minimum Gasteiger partial charge on any atom is -0.493 e. The van der Waals surface area contributed by atoms with Crippen molar-refractivity contribution in [2.24, 2.45) is 0 Å². The van der Waals surface area contributed by atoms with Gasteiger partial charge in [-0.3, -0.25) is 0 Å². The zero-order chi connectivity index (χ0) is 16.8. The molecular formula is C20H26ClNO3. The van der Waals surface area contributed by atoms with Crippen molar-refractivity contribution in [1.82, 2.24) is 5.32 Å². The van der Waals surface area contributed by atoms with Crippen LogP contribution in [0.1, 0.15) is 36.4 Å². The molecule has 0 unspecified atom stereocenters. The Hall–Kier alpha value is -1.91. The van der Waals surface area contributed by atoms with Crippen molar-refractivity contribution in [2.45, 2.75) is 31.9 Å². The van der Waals surface area contributed by atoms with Crippen molar-refractivity contribution in [3.05, 3.63) is 53.6 Å². The van der Waals surface area contributed by atoms with Crippen LogP contribution in [0.25, 0.3) is 0 Å². The highest BCUT2D eigenvalue weighted by atomic mass is 35.5. The van der Waals surface area contributed by atoms with E-state index in [1.165, 1.54) is 12.8 Å². The van der Waals surface area contributed by atoms with Crippen molar-refractivity contribution < 1.29 is 14.2 Å². The third-order valence-corrected chi connectivity index (χ3v) is 4.44. The molecule has 0 spiro atoms. The first-order valence-electron chi connectivity index (χ1n) is 8.48. The molecule has 1 aliphatic rings. The van der Waals surface area contributed by atoms with E-state index in [2.05, 4.69) is 17.4 Å². The SMILES string of the molecule is COc1cc(OCc2ccccc2)c([C@H]2CCCCN2)cc1OC.Cl. The molecule has 0 radical (unpaired) electrons. The molecule has 2 aromatic carbocycles. The normalized spacial score (nSPS) is 16.6. The summed E-state index contributed by atoms with van der Waals surface area (Å²) < 4.78 is 17.1. The maximum atomic E-state index is 6.14. The van der Waals surface area contributed by atoms with Gasteiger partial charge < -0.3 is 19.5 Å². The Morgan fingerprint density at radius 3 is 2.32 bits per heavy atom. The highest BCUT2D eigenvalue weighted by Gasteiger charge is 2.22. The van der Waals surface area contributed by atoms with Crippen molar-refractivity contribution in [2.75, 3.05) is 20.8 Å². The van der Waals surface area contributed by atoms with Crippen LogP contribution >= 0.6 is 12.4 Å². The van der Waals surface area contributed by atoms with E-state index in [4.69, 9.17) is 14.2 Å². The fraction of sp³-hybridized carbons (Fsp3) is 0.400. The Bertz CT molecular complexity index is 657. The summed E-state index contributed by atoms with van der Waals surface area (Å²) in [5.74, 6) is 2.29. The smallest absolute Gasteiger partial charge is 0.164 e. The summed E-state index contributed by atoms with van der Waals surface area (Å²) >= 11 is 0. The number of methoxy groups -OCH3 is 2. The standard InChI is InChI=1S/C20H25NO3.ClH/c1-22-19-12-16(17-10-6-7-11-21-17)18(13-20(19)23-2)24-14-15-8-4-3-5-9-15;/h3-5,8-9,12-13,17,21H,6-7,10-11,14H2,1-2H3;1H/t17-;/m1./s1. The molecule has 3 rings (SSSR count). The molecule has 0 saturated carbocycles. The van der Waals surface area contributed by atoms with Crippen LogP contribution in [0.15, 0.2) is 42.5 Å². The average Bonchev–Trinajstić information content (AvgIpc) is 2.67. The lowest BCUT2D eigenvalue weighted by molar-refractivity contribution is 0.288. The van der Waals surface area contributed by atoms with Crippen LogP contribution in [-0.2, 0) is 6.61 Å². The predicted octanol–water partition coefficient (Wildman–Crippen LogP) is 4.52. The number of nitrogens with one attached hydrogen (secondary N) is 1. The Labute approximate surface area is 155 Å². The summed E-state index contributed by atoms with van der Waals surface area (Å²) in [6, 6.07) is 14.5. The predicted molar refractivity (Wildman–Crippen MR) is 102 cm³/mol. The highest BCUT2D eigenvalue weighted by molar-refractivity contribution is 5.85. The lowest BCUT2D eigenvalue weighted by Gasteiger charge is -2.26. The monoisotopic (exact) mass is 363 g/mol. The zero-order valence-electron chi connectivity index (χ0n) is 14.8. The molecule has 5 heteroatoms. The zero-order valence-corrected chi connectivity index (χ0v) is 15.6. The maximum Gasteiger partial charge on any atom is 0.164 e. The number of rotatable bonds is 6. The summed E-state index contributed by atoms with van der Waals surface area (Å²) in [5.41, 5.74) is 2.29. The fourth-order valence-electron chi connectivity index (χ4n) is 3.13. The van der Waals surface area contributed by atoms with Gasteiger partial charge in [0.15, 0.2) is 11.5 Å². The summed E-state index contributed by atoms with van der Waals surface area (Å²) in [4.78, 5) is 0. The summed E-state index contributed by atoms with van der Waals surface area (Å²) in [7, 11) is 3.32. The molecule has 4 nitrogen and oxygen atoms in total. The van der Waals surface area contributed by atoms with Gasteiger partial charge >= 0.3 is 0 Å². The van der Waals surface area contributed by atoms with E-state index in [0.717, 1.165) is 35.6 Å². The molecule has 0 aromatic heterocycles. The van der Waals surface area contributed by atoms with Crippen LogP contribution in [0, 0.1) is 0 Å². The maximum absolute atomic E-state index is 6.14. The quantitative estimate of drug-likeness (QED) is 0.819. The van der Waals surface area contributed by atoms with Gasteiger partial charge in [0, 0.05) is 17.7 Å². The second-order valence-electron chi connectivity index (χ2n) is 6.02. The van der Waals surface area contributed by atoms with Crippen LogP contribution < -0.4 is 19.5 Å². The largest absolute Gasteiger partial charge is 0.493 e. The molecule has 1 atom stereocenters. The molecule has 25 heavy (non-hydrogen) atoms. The van der Waals surface area contributed by atoms with Gasteiger partial charge in [-0.15, -0.1) is 12.4 Å². The Morgan fingerprint density at radius 1 is 0.960 bits per heavy atom. The van der Waals surface area contributed by atoms with Crippen LogP contribution in [0.3, 0.4) is 0 Å². The average molecular weight is 364 g/mol. The molecule has 1 saturated heterocycles. The van der Waals surface area contributed by atoms with Gasteiger partial charge in [-0.05, 0) is 31.0 Å². The number of hydrogen-bond acceptors (Lipinski definition) is 4. The van der Waals surface area contributed by atoms with Crippen molar-refractivity contribution in [3.63, 3.8) is 0 Å². The molecule has 0 bridgehead atoms. The fourth-order valence-corrected chi connectivity index (χ4v) is 3.13. The minimum absolute atomic E-state index is 0. The van der Waals surface area contributed by atoms with E-state index >= 15 is 0 Å². The van der Waals surface area contributed by atoms with Crippen molar-refractivity contribution in [3.8, 4) is 17.2 Å². The number of ether oxygens (including phenoxy) is 3. The molecule has 1 N–H and O–H groups in total. The second kappa shape index (κ2) is 9.54. The van der Waals surface area contributed by atoms with Gasteiger partial charge in [0.1, 0.15) is 12.4 Å². The number of halogens is 1. The third-order valence-electron chi connectivity index (χ3n) is 4.44. The van der Waals surface area contributed by atoms with E-state index in [1.54, 1.807) is 14.2 Å². The highest BCUT2D eigenvalue weighted by Crippen LogP contribution is 2.39. The van der Waals surface area contributed by atoms with E-state index in [0.29, 0.717) is 18.4 Å². The molecule has 0 amide bonds. The Balaban J connectivity index is 0.00000225. The Kier molecular flexibility index (Phi) is 7.41. The summed E-state index contributed by atoms with van der Waals surface area (Å²) in [6.07, 6.45) is 3.56. The topological polar surface area (TPSA) is 39.7 Å². The number of piperidine rings is 1. The molecule has 0 aliphatic carbocycles. The molecular weight excluding hydrogens is 338 g/mol. The van der Waals surface area contributed by atoms with E-state index < -0.39 is 0 Å². The van der Waals surface area contributed by atoms with Gasteiger partial charge in [0.2, 0.25) is 0 Å². The molecule has 136 valence electrons. The first kappa shape index (κ1) is 19.4. The van der Waals surface area contributed by atoms with Crippen molar-refractivity contribution in [1.29, 1.82) is 0 Å². The van der Waals surface area contributed by atoms with Gasteiger partial charge in [-0.2, -0.15) is 0 Å². The first-order valence-corrected chi connectivity index (χ1v) is 8.48. The van der Waals surface area contributed by atoms with E-state index in [9.17, 15) is 0 Å². The number of benzene rings is 2. The van der Waals surface area contributed by atoms with Crippen LogP contribution in [0.4, 0.5) is 0 Å². The molecule has 2 aromatic rings. The van der Waals surface area contributed by atoms with Crippen molar-refractivity contribution >= 4 is 12.4 Å². The van der Waals surface area contributed by atoms with Crippen LogP contribution in [0.2, 0.25) is 0 Å². The molecule has 1 fully saturated rings. The summed E-state index contributed by atoms with van der Waals surface area (Å²) in [6.45, 7) is 1.58. The van der Waals surface area contributed by atoms with Gasteiger partial charge in [-0.1, -0.05) is 36.8 Å². The van der Waals surface area contributed by atoms with E-state index in [1.807, 2.05) is 30.3 Å².